The van der Waals surface area contributed by atoms with Gasteiger partial charge in [0.05, 0.1) is 0 Å². The van der Waals surface area contributed by atoms with Crippen LogP contribution in [0.2, 0.25) is 0 Å². The van der Waals surface area contributed by atoms with E-state index in [1.54, 1.807) is 0 Å². The molecule has 0 amide bonds. The highest BCUT2D eigenvalue weighted by Gasteiger charge is 2.49. The van der Waals surface area contributed by atoms with Crippen LogP contribution in [0.4, 0.5) is 0 Å². The van der Waals surface area contributed by atoms with Crippen molar-refractivity contribution in [2.24, 2.45) is 5.41 Å². The van der Waals surface area contributed by atoms with Crippen LogP contribution in [0.25, 0.3) is 22.3 Å². The molecule has 0 saturated carbocycles. The lowest BCUT2D eigenvalue weighted by Crippen LogP contribution is -2.39. The van der Waals surface area contributed by atoms with E-state index < -0.39 is 0 Å². The first-order valence-electron chi connectivity index (χ1n) is 15.3. The third kappa shape index (κ3) is 6.00. The summed E-state index contributed by atoms with van der Waals surface area (Å²) in [6, 6.07) is 45.1. The van der Waals surface area contributed by atoms with Gasteiger partial charge >= 0.3 is 0 Å². The van der Waals surface area contributed by atoms with Gasteiger partial charge in [-0.2, -0.15) is 0 Å². The lowest BCUT2D eigenvalue weighted by atomic mass is 9.64. The van der Waals surface area contributed by atoms with Crippen LogP contribution in [-0.4, -0.2) is 25.2 Å². The lowest BCUT2D eigenvalue weighted by molar-refractivity contribution is 0.339. The highest BCUT2D eigenvalue weighted by molar-refractivity contribution is 6.29. The van der Waals surface area contributed by atoms with E-state index in [9.17, 15) is 0 Å². The molecule has 4 aromatic carbocycles. The Morgan fingerprint density at radius 3 is 1.05 bits per heavy atom. The zero-order valence-electron chi connectivity index (χ0n) is 25.0. The summed E-state index contributed by atoms with van der Waals surface area (Å²) in [5, 5.41) is 7.58. The largest absolute Gasteiger partial charge is 0.314 e. The van der Waals surface area contributed by atoms with E-state index in [2.05, 4.69) is 160 Å². The predicted molar refractivity (Wildman–Crippen MR) is 177 cm³/mol. The molecule has 5 rings (SSSR count). The minimum absolute atomic E-state index is 0.234. The molecule has 0 bridgehead atoms. The van der Waals surface area contributed by atoms with Crippen LogP contribution in [0.15, 0.2) is 121 Å². The second-order valence-corrected chi connectivity index (χ2v) is 11.4. The quantitative estimate of drug-likeness (QED) is 0.187. The Balaban J connectivity index is 1.96. The second-order valence-electron chi connectivity index (χ2n) is 11.4. The van der Waals surface area contributed by atoms with Crippen molar-refractivity contribution in [3.63, 3.8) is 0 Å². The first kappa shape index (κ1) is 28.8. The van der Waals surface area contributed by atoms with Gasteiger partial charge in [-0.3, -0.25) is 0 Å². The Labute approximate surface area is 247 Å². The zero-order chi connectivity index (χ0) is 28.7. The molecule has 2 heteroatoms. The maximum atomic E-state index is 3.79. The van der Waals surface area contributed by atoms with Gasteiger partial charge in [0.25, 0.3) is 0 Å². The molecule has 2 nitrogen and oxygen atoms in total. The molecule has 4 aromatic rings. The molecule has 0 fully saturated rings. The van der Waals surface area contributed by atoms with Crippen molar-refractivity contribution in [1.29, 1.82) is 0 Å². The Morgan fingerprint density at radius 2 is 0.756 bits per heavy atom. The van der Waals surface area contributed by atoms with Crippen molar-refractivity contribution in [2.75, 3.05) is 13.1 Å². The zero-order valence-corrected chi connectivity index (χ0v) is 25.0. The van der Waals surface area contributed by atoms with Gasteiger partial charge in [0, 0.05) is 17.5 Å². The van der Waals surface area contributed by atoms with Crippen molar-refractivity contribution in [3.05, 3.63) is 144 Å². The molecule has 0 aromatic heterocycles. The van der Waals surface area contributed by atoms with Crippen LogP contribution in [0, 0.1) is 5.41 Å². The van der Waals surface area contributed by atoms with E-state index in [4.69, 9.17) is 0 Å². The molecular weight excluding hydrogens is 496 g/mol. The van der Waals surface area contributed by atoms with E-state index in [1.807, 2.05) is 0 Å². The maximum absolute atomic E-state index is 3.79. The van der Waals surface area contributed by atoms with Gasteiger partial charge in [-0.15, -0.1) is 0 Å². The molecular formula is C39H44N2. The number of allylic oxidation sites excluding steroid dienone is 4. The topological polar surface area (TPSA) is 24.1 Å². The summed E-state index contributed by atoms with van der Waals surface area (Å²) in [6.45, 7) is 11.0. The van der Waals surface area contributed by atoms with Crippen molar-refractivity contribution in [2.45, 2.75) is 52.6 Å². The molecule has 1 aliphatic rings. The third-order valence-corrected chi connectivity index (χ3v) is 8.37. The van der Waals surface area contributed by atoms with Crippen LogP contribution >= 0.6 is 0 Å². The Morgan fingerprint density at radius 1 is 0.463 bits per heavy atom. The predicted octanol–water partition coefficient (Wildman–Crippen LogP) is 8.98. The molecule has 0 heterocycles. The molecule has 0 radical (unpaired) electrons. The van der Waals surface area contributed by atoms with Gasteiger partial charge in [0.2, 0.25) is 0 Å². The summed E-state index contributed by atoms with van der Waals surface area (Å²) in [5.74, 6) is 0. The van der Waals surface area contributed by atoms with Gasteiger partial charge in [0.1, 0.15) is 0 Å². The molecule has 0 saturated heterocycles. The van der Waals surface area contributed by atoms with E-state index >= 15 is 0 Å². The second kappa shape index (κ2) is 13.3. The standard InChI is InChI=1S/C39H44N2/c1-5-40-29(3)27-39(28-30(4)41-6-2)37(33-23-15-9-16-24-33)35(31-19-11-7-12-20-31)36(32-21-13-8-14-22-32)38(39)34-25-17-10-18-26-34/h7-26,29-30,40-41H,5-6,27-28H2,1-4H3. The van der Waals surface area contributed by atoms with Crippen LogP contribution in [-0.2, 0) is 0 Å². The first-order chi connectivity index (χ1) is 20.1. The number of nitrogens with one attached hydrogen (secondary N) is 2. The first-order valence-corrected chi connectivity index (χ1v) is 15.3. The molecule has 0 aliphatic heterocycles. The van der Waals surface area contributed by atoms with Gasteiger partial charge < -0.3 is 10.6 Å². The monoisotopic (exact) mass is 540 g/mol. The average Bonchev–Trinajstić information content (AvgIpc) is 3.29. The molecule has 2 N–H and O–H groups in total. The molecule has 2 unspecified atom stereocenters. The average molecular weight is 541 g/mol. The van der Waals surface area contributed by atoms with E-state index in [0.29, 0.717) is 12.1 Å². The van der Waals surface area contributed by atoms with Gasteiger partial charge in [-0.05, 0) is 84.3 Å². The summed E-state index contributed by atoms with van der Waals surface area (Å²) >= 11 is 0. The van der Waals surface area contributed by atoms with E-state index in [1.165, 1.54) is 44.5 Å². The number of rotatable bonds is 12. The number of hydrogen-bond acceptors (Lipinski definition) is 2. The molecule has 1 aliphatic carbocycles. The fraction of sp³-hybridized carbons (Fsp3) is 0.282. The smallest absolute Gasteiger partial charge is 0.0256 e. The van der Waals surface area contributed by atoms with Crippen molar-refractivity contribution in [3.8, 4) is 0 Å². The normalized spacial score (nSPS) is 16.2. The van der Waals surface area contributed by atoms with Gasteiger partial charge in [-0.25, -0.2) is 0 Å². The molecule has 41 heavy (non-hydrogen) atoms. The van der Waals surface area contributed by atoms with E-state index in [-0.39, 0.29) is 5.41 Å². The summed E-state index contributed by atoms with van der Waals surface area (Å²) < 4.78 is 0. The summed E-state index contributed by atoms with van der Waals surface area (Å²) in [7, 11) is 0. The van der Waals surface area contributed by atoms with Crippen molar-refractivity contribution in [1.82, 2.24) is 10.6 Å². The van der Waals surface area contributed by atoms with Crippen LogP contribution in [0.3, 0.4) is 0 Å². The third-order valence-electron chi connectivity index (χ3n) is 8.37. The van der Waals surface area contributed by atoms with Crippen molar-refractivity contribution < 1.29 is 0 Å². The molecule has 2 atom stereocenters. The summed E-state index contributed by atoms with van der Waals surface area (Å²) in [6.07, 6.45) is 2.00. The Bertz CT molecular complexity index is 1340. The highest BCUT2D eigenvalue weighted by Crippen LogP contribution is 2.64. The fourth-order valence-corrected chi connectivity index (χ4v) is 7.07. The molecule has 210 valence electrons. The Kier molecular flexibility index (Phi) is 9.34. The van der Waals surface area contributed by atoms with E-state index in [0.717, 1.165) is 25.9 Å². The fourth-order valence-electron chi connectivity index (χ4n) is 7.07. The van der Waals surface area contributed by atoms with Crippen LogP contribution < -0.4 is 10.6 Å². The van der Waals surface area contributed by atoms with Crippen LogP contribution in [0.5, 0.6) is 0 Å². The minimum Gasteiger partial charge on any atom is -0.314 e. The molecule has 0 spiro atoms. The lowest BCUT2D eigenvalue weighted by Gasteiger charge is -2.41. The number of benzene rings is 4. The number of hydrogen-bond donors (Lipinski definition) is 2. The SMILES string of the molecule is CCNC(C)CC1(CC(C)NCC)C(c2ccccc2)=C(c2ccccc2)C(c2ccccc2)=C1c1ccccc1. The highest BCUT2D eigenvalue weighted by atomic mass is 14.9. The summed E-state index contributed by atoms with van der Waals surface area (Å²) in [4.78, 5) is 0. The van der Waals surface area contributed by atoms with Gasteiger partial charge in [0.15, 0.2) is 0 Å². The van der Waals surface area contributed by atoms with Crippen LogP contribution in [0.1, 0.15) is 62.8 Å². The van der Waals surface area contributed by atoms with Crippen molar-refractivity contribution >= 4 is 22.3 Å². The maximum Gasteiger partial charge on any atom is 0.0256 e. The Hall–Kier alpha value is -3.72. The minimum atomic E-state index is -0.234. The van der Waals surface area contributed by atoms with Gasteiger partial charge in [-0.1, -0.05) is 135 Å². The summed E-state index contributed by atoms with van der Waals surface area (Å²) in [5.41, 5.74) is 10.5.